The van der Waals surface area contributed by atoms with Gasteiger partial charge in [0, 0.05) is 6.42 Å². The Balaban J connectivity index is 1.88. The maximum atomic E-state index is 13.8. The molecule has 0 aliphatic carbocycles. The number of hydrogen-bond donors (Lipinski definition) is 0. The summed E-state index contributed by atoms with van der Waals surface area (Å²) in [6.45, 7) is 0.297. The highest BCUT2D eigenvalue weighted by Crippen LogP contribution is 2.21. The van der Waals surface area contributed by atoms with Crippen LogP contribution in [0.25, 0.3) is 0 Å². The lowest BCUT2D eigenvalue weighted by Gasteiger charge is -2.22. The van der Waals surface area contributed by atoms with E-state index >= 15 is 0 Å². The molecule has 0 saturated carbocycles. The normalized spacial score (nSPS) is 17.8. The maximum Gasteiger partial charge on any atom is 0.222 e. The molecule has 0 radical (unpaired) electrons. The summed E-state index contributed by atoms with van der Waals surface area (Å²) in [6.07, 6.45) is 0.948. The standard InChI is InChI=1S/C17H14F3NO/c18-13-5-2-1-4-11(13)10-12-8-9-22-17(21-12)16-14(19)6-3-7-15(16)20/h1-7,12H,8-10H2. The van der Waals surface area contributed by atoms with Crippen molar-refractivity contribution in [2.24, 2.45) is 4.99 Å². The summed E-state index contributed by atoms with van der Waals surface area (Å²) in [5.74, 6) is -1.79. The van der Waals surface area contributed by atoms with Gasteiger partial charge in [-0.25, -0.2) is 18.2 Å². The summed E-state index contributed by atoms with van der Waals surface area (Å²) in [4.78, 5) is 4.26. The van der Waals surface area contributed by atoms with Gasteiger partial charge in [0.05, 0.1) is 12.6 Å². The highest BCUT2D eigenvalue weighted by molar-refractivity contribution is 5.95. The molecule has 1 heterocycles. The fourth-order valence-electron chi connectivity index (χ4n) is 2.46. The van der Waals surface area contributed by atoms with E-state index in [1.165, 1.54) is 12.1 Å². The minimum atomic E-state index is -0.717. The van der Waals surface area contributed by atoms with Gasteiger partial charge in [0.2, 0.25) is 5.90 Å². The van der Waals surface area contributed by atoms with Gasteiger partial charge in [0.15, 0.2) is 0 Å². The lowest BCUT2D eigenvalue weighted by atomic mass is 10.0. The van der Waals surface area contributed by atoms with Crippen molar-refractivity contribution < 1.29 is 17.9 Å². The molecule has 0 fully saturated rings. The highest BCUT2D eigenvalue weighted by Gasteiger charge is 2.23. The Morgan fingerprint density at radius 3 is 2.36 bits per heavy atom. The lowest BCUT2D eigenvalue weighted by molar-refractivity contribution is 0.258. The molecule has 3 rings (SSSR count). The van der Waals surface area contributed by atoms with Crippen LogP contribution < -0.4 is 0 Å². The molecule has 1 unspecified atom stereocenters. The Morgan fingerprint density at radius 2 is 1.64 bits per heavy atom. The molecule has 1 aliphatic rings. The summed E-state index contributed by atoms with van der Waals surface area (Å²) < 4.78 is 46.6. The van der Waals surface area contributed by atoms with Crippen LogP contribution in [0.1, 0.15) is 17.5 Å². The van der Waals surface area contributed by atoms with Gasteiger partial charge >= 0.3 is 0 Å². The van der Waals surface area contributed by atoms with E-state index in [1.807, 2.05) is 0 Å². The van der Waals surface area contributed by atoms with Crippen LogP contribution in [0.3, 0.4) is 0 Å². The minimum Gasteiger partial charge on any atom is -0.477 e. The van der Waals surface area contributed by atoms with Crippen LogP contribution >= 0.6 is 0 Å². The van der Waals surface area contributed by atoms with E-state index in [4.69, 9.17) is 4.74 Å². The molecule has 1 aliphatic heterocycles. The van der Waals surface area contributed by atoms with Crippen LogP contribution in [0.5, 0.6) is 0 Å². The predicted octanol–water partition coefficient (Wildman–Crippen LogP) is 3.88. The molecule has 0 amide bonds. The van der Waals surface area contributed by atoms with Gasteiger partial charge in [0.1, 0.15) is 23.0 Å². The Morgan fingerprint density at radius 1 is 0.955 bits per heavy atom. The molecule has 1 atom stereocenters. The third kappa shape index (κ3) is 2.98. The lowest BCUT2D eigenvalue weighted by Crippen LogP contribution is -2.25. The quantitative estimate of drug-likeness (QED) is 0.843. The molecule has 2 aromatic rings. The fourth-order valence-corrected chi connectivity index (χ4v) is 2.46. The van der Waals surface area contributed by atoms with Gasteiger partial charge in [-0.2, -0.15) is 0 Å². The Hall–Kier alpha value is -2.30. The van der Waals surface area contributed by atoms with Gasteiger partial charge in [0.25, 0.3) is 0 Å². The van der Waals surface area contributed by atoms with Crippen LogP contribution in [-0.4, -0.2) is 18.5 Å². The predicted molar refractivity (Wildman–Crippen MR) is 77.4 cm³/mol. The molecule has 0 bridgehead atoms. The zero-order valence-electron chi connectivity index (χ0n) is 11.7. The Kier molecular flexibility index (Phi) is 4.13. The number of rotatable bonds is 3. The smallest absolute Gasteiger partial charge is 0.222 e. The van der Waals surface area contributed by atoms with Gasteiger partial charge < -0.3 is 4.74 Å². The summed E-state index contributed by atoms with van der Waals surface area (Å²) in [7, 11) is 0. The Labute approximate surface area is 126 Å². The second-order valence-electron chi connectivity index (χ2n) is 5.12. The third-order valence-electron chi connectivity index (χ3n) is 3.58. The van der Waals surface area contributed by atoms with E-state index in [0.717, 1.165) is 12.1 Å². The number of nitrogens with zero attached hydrogens (tertiary/aromatic N) is 1. The zero-order chi connectivity index (χ0) is 15.5. The average molecular weight is 305 g/mol. The summed E-state index contributed by atoms with van der Waals surface area (Å²) >= 11 is 0. The summed E-state index contributed by atoms with van der Waals surface area (Å²) in [5, 5.41) is 0. The monoisotopic (exact) mass is 305 g/mol. The first-order valence-corrected chi connectivity index (χ1v) is 7.03. The van der Waals surface area contributed by atoms with E-state index in [2.05, 4.69) is 4.99 Å². The van der Waals surface area contributed by atoms with E-state index < -0.39 is 11.6 Å². The molecule has 0 spiro atoms. The van der Waals surface area contributed by atoms with Gasteiger partial charge in [-0.1, -0.05) is 24.3 Å². The molecule has 0 saturated heterocycles. The topological polar surface area (TPSA) is 21.6 Å². The molecule has 0 aromatic heterocycles. The molecule has 0 N–H and O–H groups in total. The molecule has 114 valence electrons. The van der Waals surface area contributed by atoms with E-state index in [-0.39, 0.29) is 23.3 Å². The number of aliphatic imine (C=N–C) groups is 1. The van der Waals surface area contributed by atoms with Crippen LogP contribution in [0.15, 0.2) is 47.5 Å². The van der Waals surface area contributed by atoms with Crippen LogP contribution in [0.2, 0.25) is 0 Å². The first kappa shape index (κ1) is 14.6. The second kappa shape index (κ2) is 6.22. The second-order valence-corrected chi connectivity index (χ2v) is 5.12. The number of benzene rings is 2. The molecule has 22 heavy (non-hydrogen) atoms. The highest BCUT2D eigenvalue weighted by atomic mass is 19.1. The van der Waals surface area contributed by atoms with Crippen LogP contribution in [0, 0.1) is 17.5 Å². The van der Waals surface area contributed by atoms with Crippen molar-refractivity contribution in [2.45, 2.75) is 18.9 Å². The maximum absolute atomic E-state index is 13.8. The molecular weight excluding hydrogens is 291 g/mol. The van der Waals surface area contributed by atoms with Gasteiger partial charge in [-0.15, -0.1) is 0 Å². The molecule has 2 nitrogen and oxygen atoms in total. The average Bonchev–Trinajstić information content (AvgIpc) is 2.50. The van der Waals surface area contributed by atoms with Crippen molar-refractivity contribution in [2.75, 3.05) is 6.61 Å². The number of ether oxygens (including phenoxy) is 1. The van der Waals surface area contributed by atoms with Gasteiger partial charge in [-0.05, 0) is 30.2 Å². The number of hydrogen-bond acceptors (Lipinski definition) is 2. The van der Waals surface area contributed by atoms with Crippen molar-refractivity contribution in [1.82, 2.24) is 0 Å². The van der Waals surface area contributed by atoms with E-state index in [1.54, 1.807) is 18.2 Å². The largest absolute Gasteiger partial charge is 0.477 e. The SMILES string of the molecule is Fc1ccccc1CC1CCOC(c2c(F)cccc2F)=N1. The summed E-state index contributed by atoms with van der Waals surface area (Å²) in [6, 6.07) is 9.77. The summed E-state index contributed by atoms with van der Waals surface area (Å²) in [5.41, 5.74) is 0.271. The first-order chi connectivity index (χ1) is 10.6. The van der Waals surface area contributed by atoms with Crippen molar-refractivity contribution >= 4 is 5.90 Å². The third-order valence-corrected chi connectivity index (χ3v) is 3.58. The van der Waals surface area contributed by atoms with E-state index in [0.29, 0.717) is 25.0 Å². The van der Waals surface area contributed by atoms with Gasteiger partial charge in [-0.3, -0.25) is 0 Å². The zero-order valence-corrected chi connectivity index (χ0v) is 11.7. The van der Waals surface area contributed by atoms with Crippen LogP contribution in [0.4, 0.5) is 13.2 Å². The van der Waals surface area contributed by atoms with E-state index in [9.17, 15) is 13.2 Å². The van der Waals surface area contributed by atoms with Crippen molar-refractivity contribution in [3.8, 4) is 0 Å². The molecule has 2 aromatic carbocycles. The fraction of sp³-hybridized carbons (Fsp3) is 0.235. The Bertz CT molecular complexity index is 695. The molecule has 5 heteroatoms. The van der Waals surface area contributed by atoms with Crippen molar-refractivity contribution in [3.63, 3.8) is 0 Å². The van der Waals surface area contributed by atoms with Crippen LogP contribution in [-0.2, 0) is 11.2 Å². The molecular formula is C17H14F3NO. The number of halogens is 3. The first-order valence-electron chi connectivity index (χ1n) is 7.03. The minimum absolute atomic E-state index is 0.0526. The van der Waals surface area contributed by atoms with Crippen molar-refractivity contribution in [3.05, 3.63) is 71.0 Å². The van der Waals surface area contributed by atoms with Crippen molar-refractivity contribution in [1.29, 1.82) is 0 Å².